The molecule has 1 rings (SSSR count). The van der Waals surface area contributed by atoms with Crippen LogP contribution in [0.2, 0.25) is 0 Å². The van der Waals surface area contributed by atoms with Gasteiger partial charge < -0.3 is 20.5 Å². The lowest BCUT2D eigenvalue weighted by Crippen LogP contribution is -2.39. The van der Waals surface area contributed by atoms with Crippen LogP contribution in [0.5, 0.6) is 11.5 Å². The number of carbonyl (C=O) groups excluding carboxylic acids is 1. The van der Waals surface area contributed by atoms with Gasteiger partial charge in [0, 0.05) is 18.3 Å². The van der Waals surface area contributed by atoms with E-state index >= 15 is 0 Å². The summed E-state index contributed by atoms with van der Waals surface area (Å²) in [6, 6.07) is 5.38. The van der Waals surface area contributed by atoms with Gasteiger partial charge >= 0.3 is 0 Å². The van der Waals surface area contributed by atoms with Crippen LogP contribution in [0.25, 0.3) is 0 Å². The molecule has 0 aliphatic carbocycles. The zero-order chi connectivity index (χ0) is 15.9. The molecule has 1 unspecified atom stereocenters. The van der Waals surface area contributed by atoms with Gasteiger partial charge in [0.05, 0.1) is 18.6 Å². The number of hydrogen-bond acceptors (Lipinski definition) is 4. The Bertz CT molecular complexity index is 471. The molecule has 1 atom stereocenters. The average Bonchev–Trinajstić information content (AvgIpc) is 2.49. The Morgan fingerprint density at radius 1 is 1.19 bits per heavy atom. The highest BCUT2D eigenvalue weighted by atomic mass is 16.5. The summed E-state index contributed by atoms with van der Waals surface area (Å²) in [5.74, 6) is 1.22. The van der Waals surface area contributed by atoms with Gasteiger partial charge in [-0.1, -0.05) is 6.92 Å². The summed E-state index contributed by atoms with van der Waals surface area (Å²) in [6.45, 7) is 9.05. The number of hydrogen-bond donors (Lipinski definition) is 2. The first-order valence-corrected chi connectivity index (χ1v) is 7.41. The Balaban J connectivity index is 2.94. The lowest BCUT2D eigenvalue weighted by Gasteiger charge is -2.25. The summed E-state index contributed by atoms with van der Waals surface area (Å²) in [6.07, 6.45) is 0.685. The Labute approximate surface area is 126 Å². The third-order valence-electron chi connectivity index (χ3n) is 3.58. The first-order chi connectivity index (χ1) is 10.0. The number of carbonyl (C=O) groups is 1. The molecule has 5 nitrogen and oxygen atoms in total. The second-order valence-electron chi connectivity index (χ2n) is 5.10. The van der Waals surface area contributed by atoms with Crippen molar-refractivity contribution in [1.29, 1.82) is 0 Å². The third kappa shape index (κ3) is 4.36. The molecule has 0 radical (unpaired) electrons. The maximum atomic E-state index is 12.3. The van der Waals surface area contributed by atoms with Crippen LogP contribution in [0.3, 0.4) is 0 Å². The Morgan fingerprint density at radius 3 is 2.33 bits per heavy atom. The fourth-order valence-corrected chi connectivity index (χ4v) is 1.81. The fraction of sp³-hybridized carbons (Fsp3) is 0.562. The van der Waals surface area contributed by atoms with Crippen LogP contribution in [-0.4, -0.2) is 25.7 Å². The second kappa shape index (κ2) is 7.88. The summed E-state index contributed by atoms with van der Waals surface area (Å²) in [5, 5.41) is 2.90. The first kappa shape index (κ1) is 17.3. The average molecular weight is 294 g/mol. The maximum Gasteiger partial charge on any atom is 0.231 e. The molecule has 0 heterocycles. The minimum atomic E-state index is -0.565. The summed E-state index contributed by atoms with van der Waals surface area (Å²) in [4.78, 5) is 12.3. The molecule has 1 aromatic rings. The molecule has 3 N–H and O–H groups in total. The zero-order valence-corrected chi connectivity index (χ0v) is 13.4. The van der Waals surface area contributed by atoms with Crippen molar-refractivity contribution < 1.29 is 14.3 Å². The van der Waals surface area contributed by atoms with Crippen LogP contribution in [0.15, 0.2) is 18.2 Å². The topological polar surface area (TPSA) is 73.6 Å². The quantitative estimate of drug-likeness (QED) is 0.773. The largest absolute Gasteiger partial charge is 0.490 e. The van der Waals surface area contributed by atoms with E-state index in [4.69, 9.17) is 15.2 Å². The number of amides is 1. The third-order valence-corrected chi connectivity index (χ3v) is 3.58. The number of benzene rings is 1. The molecule has 0 aliphatic rings. The molecular weight excluding hydrogens is 268 g/mol. The molecule has 0 bridgehead atoms. The Kier molecular flexibility index (Phi) is 6.49. The number of nitrogens with two attached hydrogens (primary N) is 1. The van der Waals surface area contributed by atoms with E-state index in [1.54, 1.807) is 18.2 Å². The van der Waals surface area contributed by atoms with Gasteiger partial charge in [0.15, 0.2) is 11.5 Å². The van der Waals surface area contributed by atoms with Gasteiger partial charge in [-0.25, -0.2) is 0 Å². The summed E-state index contributed by atoms with van der Waals surface area (Å²) in [7, 11) is 0. The summed E-state index contributed by atoms with van der Waals surface area (Å²) in [5.41, 5.74) is 5.82. The van der Waals surface area contributed by atoms with Crippen molar-refractivity contribution in [2.45, 2.75) is 34.1 Å². The van der Waals surface area contributed by atoms with Gasteiger partial charge in [-0.2, -0.15) is 0 Å². The molecule has 0 fully saturated rings. The highest BCUT2D eigenvalue weighted by Crippen LogP contribution is 2.31. The van der Waals surface area contributed by atoms with Crippen molar-refractivity contribution >= 4 is 11.6 Å². The van der Waals surface area contributed by atoms with Crippen LogP contribution in [-0.2, 0) is 4.79 Å². The lowest BCUT2D eigenvalue weighted by atomic mass is 9.86. The van der Waals surface area contributed by atoms with Crippen molar-refractivity contribution in [3.63, 3.8) is 0 Å². The maximum absolute atomic E-state index is 12.3. The van der Waals surface area contributed by atoms with Gasteiger partial charge in [0.2, 0.25) is 5.91 Å². The van der Waals surface area contributed by atoms with Crippen LogP contribution in [0, 0.1) is 5.41 Å². The molecule has 21 heavy (non-hydrogen) atoms. The summed E-state index contributed by atoms with van der Waals surface area (Å²) >= 11 is 0. The van der Waals surface area contributed by atoms with Crippen LogP contribution in [0.4, 0.5) is 5.69 Å². The Hall–Kier alpha value is -1.75. The molecule has 1 amide bonds. The highest BCUT2D eigenvalue weighted by molar-refractivity contribution is 5.95. The number of ether oxygens (including phenoxy) is 2. The van der Waals surface area contributed by atoms with E-state index < -0.39 is 5.41 Å². The normalized spacial score (nSPS) is 13.4. The van der Waals surface area contributed by atoms with Crippen molar-refractivity contribution in [1.82, 2.24) is 0 Å². The molecule has 0 aliphatic heterocycles. The predicted molar refractivity (Wildman–Crippen MR) is 84.9 cm³/mol. The van der Waals surface area contributed by atoms with Gasteiger partial charge in [-0.3, -0.25) is 4.79 Å². The molecule has 0 saturated carbocycles. The first-order valence-electron chi connectivity index (χ1n) is 7.41. The molecule has 118 valence electrons. The zero-order valence-electron chi connectivity index (χ0n) is 13.4. The SMILES string of the molecule is CCOc1ccc(NC(=O)C(C)(CC)CN)cc1OCC. The number of nitrogens with one attached hydrogen (secondary N) is 1. The van der Waals surface area contributed by atoms with E-state index in [0.717, 1.165) is 0 Å². The molecule has 0 aromatic heterocycles. The van der Waals surface area contributed by atoms with Crippen molar-refractivity contribution in [3.05, 3.63) is 18.2 Å². The fourth-order valence-electron chi connectivity index (χ4n) is 1.81. The minimum absolute atomic E-state index is 0.0842. The van der Waals surface area contributed by atoms with E-state index in [2.05, 4.69) is 5.32 Å². The van der Waals surface area contributed by atoms with Gasteiger partial charge in [-0.15, -0.1) is 0 Å². The van der Waals surface area contributed by atoms with E-state index in [9.17, 15) is 4.79 Å². The van der Waals surface area contributed by atoms with Crippen LogP contribution >= 0.6 is 0 Å². The van der Waals surface area contributed by atoms with Crippen molar-refractivity contribution in [2.24, 2.45) is 11.1 Å². The molecule has 1 aromatic carbocycles. The molecular formula is C16H26N2O3. The molecule has 0 saturated heterocycles. The van der Waals surface area contributed by atoms with E-state index in [0.29, 0.717) is 43.4 Å². The van der Waals surface area contributed by atoms with E-state index in [-0.39, 0.29) is 5.91 Å². The van der Waals surface area contributed by atoms with E-state index in [1.807, 2.05) is 27.7 Å². The monoisotopic (exact) mass is 294 g/mol. The predicted octanol–water partition coefficient (Wildman–Crippen LogP) is 2.80. The smallest absolute Gasteiger partial charge is 0.231 e. The van der Waals surface area contributed by atoms with Gasteiger partial charge in [0.25, 0.3) is 0 Å². The second-order valence-corrected chi connectivity index (χ2v) is 5.10. The van der Waals surface area contributed by atoms with Crippen LogP contribution < -0.4 is 20.5 Å². The van der Waals surface area contributed by atoms with Gasteiger partial charge in [-0.05, 0) is 39.3 Å². The minimum Gasteiger partial charge on any atom is -0.490 e. The molecule has 0 spiro atoms. The van der Waals surface area contributed by atoms with E-state index in [1.165, 1.54) is 0 Å². The van der Waals surface area contributed by atoms with Crippen LogP contribution in [0.1, 0.15) is 34.1 Å². The standard InChI is InChI=1S/C16H26N2O3/c1-5-16(4,11-17)15(19)18-12-8-9-13(20-6-2)14(10-12)21-7-3/h8-10H,5-7,11,17H2,1-4H3,(H,18,19). The van der Waals surface area contributed by atoms with Crippen molar-refractivity contribution in [3.8, 4) is 11.5 Å². The number of rotatable bonds is 8. The Morgan fingerprint density at radius 2 is 1.81 bits per heavy atom. The lowest BCUT2D eigenvalue weighted by molar-refractivity contribution is -0.124. The van der Waals surface area contributed by atoms with Crippen molar-refractivity contribution in [2.75, 3.05) is 25.1 Å². The molecule has 5 heteroatoms. The highest BCUT2D eigenvalue weighted by Gasteiger charge is 2.29. The van der Waals surface area contributed by atoms with Gasteiger partial charge in [0.1, 0.15) is 0 Å². The summed E-state index contributed by atoms with van der Waals surface area (Å²) < 4.78 is 11.1. The number of anilines is 1.